The first-order chi connectivity index (χ1) is 42.4. The molecule has 8 nitrogen and oxygen atoms in total. The van der Waals surface area contributed by atoms with E-state index in [1.807, 2.05) is 156 Å². The first kappa shape index (κ1) is 56.1. The molecule has 422 valence electrons. The number of para-hydroxylation sites is 2. The molecule has 0 saturated heterocycles. The predicted octanol–water partition coefficient (Wildman–Crippen LogP) is 19.7. The quantitative estimate of drug-likeness (QED) is 0.0221. The van der Waals surface area contributed by atoms with Crippen molar-refractivity contribution in [2.45, 2.75) is 64.6 Å². The molecule has 0 radical (unpaired) electrons. The van der Waals surface area contributed by atoms with E-state index < -0.39 is 18.2 Å². The second-order valence-electron chi connectivity index (χ2n) is 21.6. The summed E-state index contributed by atoms with van der Waals surface area (Å²) < 4.78 is 12.5. The van der Waals surface area contributed by atoms with E-state index in [0.717, 1.165) is 127 Å². The zero-order valence-corrected chi connectivity index (χ0v) is 48.2. The molecule has 0 fully saturated rings. The first-order valence-electron chi connectivity index (χ1n) is 29.9. The molecule has 86 heavy (non-hydrogen) atoms. The summed E-state index contributed by atoms with van der Waals surface area (Å²) >= 11 is 0. The monoisotopic (exact) mass is 1120 g/mol. The van der Waals surface area contributed by atoms with Gasteiger partial charge in [0.1, 0.15) is 0 Å². The van der Waals surface area contributed by atoms with Crippen molar-refractivity contribution in [3.63, 3.8) is 0 Å². The number of anilines is 4. The van der Waals surface area contributed by atoms with Crippen molar-refractivity contribution < 1.29 is 19.1 Å². The van der Waals surface area contributed by atoms with Crippen molar-refractivity contribution in [3.05, 3.63) is 310 Å². The zero-order chi connectivity index (χ0) is 58.4. The molecular formula is C78H66N4O4. The Kier molecular flexibility index (Phi) is 17.5. The molecule has 0 aromatic heterocycles. The molecule has 10 aromatic rings. The maximum Gasteiger partial charge on any atom is 0.341 e. The van der Waals surface area contributed by atoms with Crippen LogP contribution in [0.25, 0.3) is 46.6 Å². The highest BCUT2D eigenvalue weighted by Crippen LogP contribution is 2.41. The van der Waals surface area contributed by atoms with Gasteiger partial charge >= 0.3 is 11.9 Å². The molecule has 10 aromatic carbocycles. The number of hydrazone groups is 2. The van der Waals surface area contributed by atoms with Gasteiger partial charge in [-0.2, -0.15) is 10.2 Å². The molecule has 0 bridgehead atoms. The maximum atomic E-state index is 14.5. The van der Waals surface area contributed by atoms with E-state index in [-0.39, 0.29) is 0 Å². The lowest BCUT2D eigenvalue weighted by molar-refractivity contribution is -0.0838. The third-order valence-electron chi connectivity index (χ3n) is 15.7. The van der Waals surface area contributed by atoms with Crippen LogP contribution in [-0.4, -0.2) is 29.7 Å². The Balaban J connectivity index is 0.807. The Morgan fingerprint density at radius 1 is 0.349 bits per heavy atom. The highest BCUT2D eigenvalue weighted by molar-refractivity contribution is 6.26. The van der Waals surface area contributed by atoms with Crippen LogP contribution < -0.4 is 10.0 Å². The van der Waals surface area contributed by atoms with Crippen LogP contribution in [0.2, 0.25) is 0 Å². The number of nitrogens with zero attached hydrogens (tertiary/aromatic N) is 4. The van der Waals surface area contributed by atoms with Crippen molar-refractivity contribution in [2.75, 3.05) is 10.0 Å². The van der Waals surface area contributed by atoms with Gasteiger partial charge in [-0.05, 0) is 124 Å². The van der Waals surface area contributed by atoms with Crippen molar-refractivity contribution >= 4 is 70.4 Å². The number of hydrogen-bond donors (Lipinski definition) is 0. The van der Waals surface area contributed by atoms with Gasteiger partial charge in [-0.3, -0.25) is 0 Å². The van der Waals surface area contributed by atoms with Crippen molar-refractivity contribution in [2.24, 2.45) is 10.2 Å². The van der Waals surface area contributed by atoms with E-state index in [9.17, 15) is 9.59 Å². The Labute approximate surface area is 504 Å². The van der Waals surface area contributed by atoms with Gasteiger partial charge in [-0.25, -0.2) is 19.6 Å². The third kappa shape index (κ3) is 13.0. The lowest BCUT2D eigenvalue weighted by Gasteiger charge is -2.21. The highest BCUT2D eigenvalue weighted by atomic mass is 16.7. The largest absolute Gasteiger partial charge is 0.422 e. The lowest BCUT2D eigenvalue weighted by atomic mass is 10.0. The van der Waals surface area contributed by atoms with Gasteiger partial charge < -0.3 is 9.47 Å². The topological polar surface area (TPSA) is 83.8 Å². The molecule has 0 spiro atoms. The summed E-state index contributed by atoms with van der Waals surface area (Å²) in [5.74, 6) is -1.15. The summed E-state index contributed by atoms with van der Waals surface area (Å²) in [6.07, 6.45) is 15.1. The minimum absolute atomic E-state index is 0.348. The van der Waals surface area contributed by atoms with Gasteiger partial charge in [0.25, 0.3) is 0 Å². The summed E-state index contributed by atoms with van der Waals surface area (Å²) in [7, 11) is 0. The number of carbonyl (C=O) groups excluding carboxylic acids is 2. The van der Waals surface area contributed by atoms with E-state index in [1.165, 1.54) is 19.3 Å². The number of carbonyl (C=O) groups is 2. The van der Waals surface area contributed by atoms with Crippen LogP contribution in [0.4, 0.5) is 22.7 Å². The zero-order valence-electron chi connectivity index (χ0n) is 48.2. The van der Waals surface area contributed by atoms with Crippen LogP contribution in [0.3, 0.4) is 0 Å². The van der Waals surface area contributed by atoms with E-state index in [4.69, 9.17) is 19.7 Å². The molecule has 0 aliphatic heterocycles. The molecular weight excluding hydrogens is 1060 g/mol. The number of hydrogen-bond acceptors (Lipinski definition) is 8. The Morgan fingerprint density at radius 3 is 1.08 bits per heavy atom. The number of benzene rings is 10. The van der Waals surface area contributed by atoms with Crippen LogP contribution in [0.15, 0.2) is 265 Å². The molecule has 0 N–H and O–H groups in total. The summed E-state index contributed by atoms with van der Waals surface area (Å²) in [6.45, 7) is 2.21. The number of esters is 2. The molecule has 0 unspecified atom stereocenters. The van der Waals surface area contributed by atoms with E-state index in [0.29, 0.717) is 17.5 Å². The average molecular weight is 1120 g/mol. The number of unbranched alkanes of at least 4 members (excludes halogenated alkanes) is 6. The fourth-order valence-corrected chi connectivity index (χ4v) is 11.2. The van der Waals surface area contributed by atoms with Crippen LogP contribution in [-0.2, 0) is 9.47 Å². The highest BCUT2D eigenvalue weighted by Gasteiger charge is 2.31. The minimum Gasteiger partial charge on any atom is -0.422 e. The molecule has 0 saturated carbocycles. The number of fused-ring (bicyclic) bond motifs is 6. The summed E-state index contributed by atoms with van der Waals surface area (Å²) in [6, 6.07) is 85.0. The van der Waals surface area contributed by atoms with Crippen molar-refractivity contribution in [1.29, 1.82) is 0 Å². The third-order valence-corrected chi connectivity index (χ3v) is 15.7. The van der Waals surface area contributed by atoms with E-state index in [2.05, 4.69) is 128 Å². The van der Waals surface area contributed by atoms with Crippen molar-refractivity contribution in [1.82, 2.24) is 0 Å². The van der Waals surface area contributed by atoms with Crippen LogP contribution in [0, 0.1) is 0 Å². The van der Waals surface area contributed by atoms with E-state index in [1.54, 1.807) is 12.1 Å². The molecule has 0 amide bonds. The molecule has 0 heterocycles. The summed E-state index contributed by atoms with van der Waals surface area (Å²) in [5, 5.41) is 14.8. The Hall–Kier alpha value is -10.4. The van der Waals surface area contributed by atoms with E-state index >= 15 is 0 Å². The van der Waals surface area contributed by atoms with Gasteiger partial charge in [0.15, 0.2) is 0 Å². The summed E-state index contributed by atoms with van der Waals surface area (Å²) in [4.78, 5) is 29.0. The Bertz CT molecular complexity index is 3840. The standard InChI is InChI=1S/C78H66N4O4/c1-2-3-4-5-6-7-20-37-74(85-77(83)60-46-52-70-72(54-60)66-33-21-23-35-68(66)75(70)79-81(62-29-16-10-17-30-62)64-48-42-58(43-49-64)40-38-56-25-12-8-13-26-56)86-78(84)61-47-53-71-73(55-61)67-34-22-24-36-69(67)76(71)80-82(63-31-18-11-19-32-63)65-50-44-59(45-51-65)41-39-57-27-14-9-15-28-57/h8-19,21-36,38-55,74H,2-7,20,37H2,1H3/b40-38+,41-39+,79-75+,80-76+. The van der Waals surface area contributed by atoms with Crippen LogP contribution >= 0.6 is 0 Å². The molecule has 2 aliphatic rings. The first-order valence-corrected chi connectivity index (χ1v) is 29.9. The fraction of sp³-hybridized carbons (Fsp3) is 0.128. The van der Waals surface area contributed by atoms with Gasteiger partial charge in [-0.1, -0.05) is 252 Å². The second kappa shape index (κ2) is 26.9. The lowest BCUT2D eigenvalue weighted by Crippen LogP contribution is -2.25. The van der Waals surface area contributed by atoms with Crippen molar-refractivity contribution in [3.8, 4) is 22.3 Å². The van der Waals surface area contributed by atoms with Gasteiger partial charge in [0.05, 0.1) is 45.3 Å². The Morgan fingerprint density at radius 2 is 0.674 bits per heavy atom. The normalized spacial score (nSPS) is 13.0. The smallest absolute Gasteiger partial charge is 0.341 e. The predicted molar refractivity (Wildman–Crippen MR) is 353 cm³/mol. The van der Waals surface area contributed by atoms with Crippen LogP contribution in [0.5, 0.6) is 0 Å². The average Bonchev–Trinajstić information content (AvgIpc) is 1.76. The van der Waals surface area contributed by atoms with Crippen LogP contribution in [0.1, 0.15) is 124 Å². The van der Waals surface area contributed by atoms with Gasteiger partial charge in [-0.15, -0.1) is 0 Å². The minimum atomic E-state index is -1.12. The molecule has 8 heteroatoms. The fourth-order valence-electron chi connectivity index (χ4n) is 11.2. The summed E-state index contributed by atoms with van der Waals surface area (Å²) in [5.41, 5.74) is 17.6. The second-order valence-corrected chi connectivity index (χ2v) is 21.6. The molecule has 12 rings (SSSR count). The SMILES string of the molecule is CCCCCCCCCC(OC(=O)c1ccc2c(c1)-c1ccccc1/C2=N\N(c1ccccc1)c1ccc(/C=C/c2ccccc2)cc1)OC(=O)c1ccc2c(c1)-c1ccccc1/C2=N\N(c1ccccc1)c1ccc(/C=C/c2ccccc2)cc1. The maximum absolute atomic E-state index is 14.5. The number of rotatable bonds is 22. The molecule has 0 atom stereocenters. The van der Waals surface area contributed by atoms with Gasteiger partial charge in [0, 0.05) is 28.7 Å². The van der Waals surface area contributed by atoms with Gasteiger partial charge in [0.2, 0.25) is 6.29 Å². The number of ether oxygens (including phenoxy) is 2. The molecule has 2 aliphatic carbocycles.